The Morgan fingerprint density at radius 3 is 2.62 bits per heavy atom. The number of para-hydroxylation sites is 2. The van der Waals surface area contributed by atoms with Gasteiger partial charge in [-0.25, -0.2) is 9.69 Å². The molecule has 0 unspecified atom stereocenters. The lowest BCUT2D eigenvalue weighted by Gasteiger charge is -2.25. The molecule has 2 fully saturated rings. The summed E-state index contributed by atoms with van der Waals surface area (Å²) < 4.78 is 4.80. The smallest absolute Gasteiger partial charge is 0.339 e. The van der Waals surface area contributed by atoms with E-state index in [1.54, 1.807) is 29.6 Å². The zero-order valence-corrected chi connectivity index (χ0v) is 15.5. The molecule has 0 aliphatic carbocycles. The highest BCUT2D eigenvalue weighted by atomic mass is 16.5. The maximum absolute atomic E-state index is 13.5. The minimum Gasteiger partial charge on any atom is -0.465 e. The van der Waals surface area contributed by atoms with Crippen molar-refractivity contribution >= 4 is 35.1 Å². The molecule has 2 aromatic carbocycles. The topological polar surface area (TPSA) is 109 Å². The van der Waals surface area contributed by atoms with Crippen molar-refractivity contribution in [3.63, 3.8) is 0 Å². The Bertz CT molecular complexity index is 1100. The molecular weight excluding hydrogens is 374 g/mol. The number of nitrogens with one attached hydrogen (secondary N) is 1. The number of quaternary nitrogens is 1. The third kappa shape index (κ3) is 2.11. The van der Waals surface area contributed by atoms with Gasteiger partial charge in [0.05, 0.1) is 30.6 Å². The molecule has 3 N–H and O–H groups in total. The fourth-order valence-corrected chi connectivity index (χ4v) is 4.92. The molecule has 3 aliphatic rings. The van der Waals surface area contributed by atoms with E-state index in [0.717, 1.165) is 4.90 Å². The van der Waals surface area contributed by atoms with Crippen molar-refractivity contribution in [1.82, 2.24) is 0 Å². The summed E-state index contributed by atoms with van der Waals surface area (Å²) in [5.41, 5.74) is 0.504. The number of hydrogen-bond donors (Lipinski definition) is 2. The SMILES string of the molecule is COC(=O)c1ccccc1N1C(=O)[C@@H]2[C@@H](C[NH2+][C@@]23C(=O)Nc2ccccc23)C1=O. The molecule has 0 bridgehead atoms. The first kappa shape index (κ1) is 17.6. The highest BCUT2D eigenvalue weighted by Crippen LogP contribution is 2.48. The predicted octanol–water partition coefficient (Wildman–Crippen LogP) is 0.00340. The van der Waals surface area contributed by atoms with Crippen LogP contribution < -0.4 is 15.5 Å². The number of imide groups is 1. The molecule has 2 aromatic rings. The van der Waals surface area contributed by atoms with Gasteiger partial charge in [0.1, 0.15) is 11.8 Å². The van der Waals surface area contributed by atoms with Crippen molar-refractivity contribution in [1.29, 1.82) is 0 Å². The lowest BCUT2D eigenvalue weighted by atomic mass is 9.77. The van der Waals surface area contributed by atoms with Gasteiger partial charge in [-0.05, 0) is 18.2 Å². The van der Waals surface area contributed by atoms with Gasteiger partial charge in [0.25, 0.3) is 5.91 Å². The van der Waals surface area contributed by atoms with Crippen LogP contribution in [0.15, 0.2) is 48.5 Å². The van der Waals surface area contributed by atoms with Crippen LogP contribution in [0.3, 0.4) is 0 Å². The van der Waals surface area contributed by atoms with E-state index < -0.39 is 35.2 Å². The zero-order chi connectivity index (χ0) is 20.3. The van der Waals surface area contributed by atoms with E-state index in [1.165, 1.54) is 13.2 Å². The molecule has 2 saturated heterocycles. The second kappa shape index (κ2) is 5.99. The number of benzene rings is 2. The first-order valence-corrected chi connectivity index (χ1v) is 9.31. The fourth-order valence-electron chi connectivity index (χ4n) is 4.92. The molecule has 5 rings (SSSR count). The van der Waals surface area contributed by atoms with Gasteiger partial charge >= 0.3 is 5.97 Å². The van der Waals surface area contributed by atoms with Crippen LogP contribution in [0.25, 0.3) is 0 Å². The van der Waals surface area contributed by atoms with E-state index in [1.807, 2.05) is 18.2 Å². The maximum atomic E-state index is 13.5. The maximum Gasteiger partial charge on any atom is 0.339 e. The van der Waals surface area contributed by atoms with Gasteiger partial charge in [0, 0.05) is 5.56 Å². The van der Waals surface area contributed by atoms with E-state index >= 15 is 0 Å². The van der Waals surface area contributed by atoms with Crippen molar-refractivity contribution in [2.45, 2.75) is 5.54 Å². The number of nitrogens with two attached hydrogens (primary N) is 1. The Morgan fingerprint density at radius 2 is 1.83 bits per heavy atom. The Kier molecular flexibility index (Phi) is 3.63. The summed E-state index contributed by atoms with van der Waals surface area (Å²) in [6.07, 6.45) is 0. The van der Waals surface area contributed by atoms with Crippen molar-refractivity contribution in [2.75, 3.05) is 23.9 Å². The standard InChI is InChI=1S/C21H17N3O5/c1-29-19(27)11-6-2-5-9-15(11)24-17(25)12-10-22-21(16(12)18(24)26)13-7-3-4-8-14(13)23-20(21)28/h2-9,12,16,22H,10H2,1H3,(H,23,28)/p+1/t12-,16+,21-/m1/s1. The van der Waals surface area contributed by atoms with Crippen LogP contribution in [0, 0.1) is 11.8 Å². The van der Waals surface area contributed by atoms with Gasteiger partial charge in [-0.1, -0.05) is 30.3 Å². The Balaban J connectivity index is 1.63. The molecule has 3 atom stereocenters. The lowest BCUT2D eigenvalue weighted by molar-refractivity contribution is -0.703. The summed E-state index contributed by atoms with van der Waals surface area (Å²) in [6, 6.07) is 13.6. The third-order valence-corrected chi connectivity index (χ3v) is 6.16. The number of anilines is 2. The normalized spacial score (nSPS) is 27.2. The second-order valence-corrected chi connectivity index (χ2v) is 7.41. The van der Waals surface area contributed by atoms with Crippen LogP contribution in [0.1, 0.15) is 15.9 Å². The van der Waals surface area contributed by atoms with Crippen LogP contribution in [0.5, 0.6) is 0 Å². The number of carbonyl (C=O) groups is 4. The van der Waals surface area contributed by atoms with Gasteiger partial charge < -0.3 is 15.4 Å². The number of methoxy groups -OCH3 is 1. The summed E-state index contributed by atoms with van der Waals surface area (Å²) >= 11 is 0. The first-order valence-electron chi connectivity index (χ1n) is 9.31. The first-order chi connectivity index (χ1) is 14.0. The monoisotopic (exact) mass is 392 g/mol. The molecule has 146 valence electrons. The summed E-state index contributed by atoms with van der Waals surface area (Å²) in [5.74, 6) is -3.30. The Hall–Kier alpha value is -3.52. The second-order valence-electron chi connectivity index (χ2n) is 7.41. The molecule has 3 aliphatic heterocycles. The quantitative estimate of drug-likeness (QED) is 0.553. The van der Waals surface area contributed by atoms with E-state index in [2.05, 4.69) is 5.32 Å². The van der Waals surface area contributed by atoms with Crippen LogP contribution in [0.4, 0.5) is 11.4 Å². The minimum atomic E-state index is -1.18. The van der Waals surface area contributed by atoms with Gasteiger partial charge in [-0.3, -0.25) is 14.4 Å². The highest BCUT2D eigenvalue weighted by Gasteiger charge is 2.71. The number of esters is 1. The fraction of sp³-hybridized carbons (Fsp3) is 0.238. The van der Waals surface area contributed by atoms with Crippen LogP contribution in [-0.2, 0) is 24.7 Å². The average Bonchev–Trinajstić information content (AvgIpc) is 3.35. The Morgan fingerprint density at radius 1 is 1.10 bits per heavy atom. The molecule has 8 heteroatoms. The largest absolute Gasteiger partial charge is 0.465 e. The van der Waals surface area contributed by atoms with Gasteiger partial charge in [-0.15, -0.1) is 0 Å². The van der Waals surface area contributed by atoms with Crippen LogP contribution in [-0.4, -0.2) is 37.3 Å². The lowest BCUT2D eigenvalue weighted by Crippen LogP contribution is -2.95. The molecule has 1 spiro atoms. The van der Waals surface area contributed by atoms with E-state index in [-0.39, 0.29) is 17.2 Å². The average molecular weight is 392 g/mol. The van der Waals surface area contributed by atoms with Gasteiger partial charge in [0.2, 0.25) is 17.4 Å². The van der Waals surface area contributed by atoms with Gasteiger partial charge in [0.15, 0.2) is 0 Å². The highest BCUT2D eigenvalue weighted by molar-refractivity contribution is 6.26. The van der Waals surface area contributed by atoms with Crippen molar-refractivity contribution in [3.8, 4) is 0 Å². The number of nitrogens with zero attached hydrogens (tertiary/aromatic N) is 1. The zero-order valence-electron chi connectivity index (χ0n) is 15.5. The molecule has 3 heterocycles. The number of rotatable bonds is 2. The predicted molar refractivity (Wildman–Crippen MR) is 101 cm³/mol. The molecule has 0 saturated carbocycles. The van der Waals surface area contributed by atoms with E-state index in [4.69, 9.17) is 4.74 Å². The van der Waals surface area contributed by atoms with E-state index in [9.17, 15) is 19.2 Å². The summed E-state index contributed by atoms with van der Waals surface area (Å²) in [6.45, 7) is 0.313. The molecule has 0 radical (unpaired) electrons. The van der Waals surface area contributed by atoms with E-state index in [0.29, 0.717) is 17.8 Å². The van der Waals surface area contributed by atoms with Crippen molar-refractivity contribution in [2.24, 2.45) is 11.8 Å². The number of ether oxygens (including phenoxy) is 1. The molecular formula is C21H18N3O5+. The third-order valence-electron chi connectivity index (χ3n) is 6.16. The van der Waals surface area contributed by atoms with Crippen molar-refractivity contribution < 1.29 is 29.2 Å². The number of hydrogen-bond acceptors (Lipinski definition) is 5. The molecule has 8 nitrogen and oxygen atoms in total. The summed E-state index contributed by atoms with van der Waals surface area (Å²) in [5, 5.41) is 4.64. The minimum absolute atomic E-state index is 0.131. The molecule has 29 heavy (non-hydrogen) atoms. The molecule has 3 amide bonds. The van der Waals surface area contributed by atoms with Crippen molar-refractivity contribution in [3.05, 3.63) is 59.7 Å². The number of carbonyl (C=O) groups excluding carboxylic acids is 4. The van der Waals surface area contributed by atoms with Gasteiger partial charge in [-0.2, -0.15) is 0 Å². The Labute approximate surface area is 165 Å². The van der Waals surface area contributed by atoms with Crippen LogP contribution in [0.2, 0.25) is 0 Å². The van der Waals surface area contributed by atoms with Crippen LogP contribution >= 0.6 is 0 Å². The number of amides is 3. The summed E-state index contributed by atoms with van der Waals surface area (Å²) in [4.78, 5) is 53.0. The molecule has 0 aromatic heterocycles. The number of fused-ring (bicyclic) bond motifs is 4. The summed E-state index contributed by atoms with van der Waals surface area (Å²) in [7, 11) is 1.24.